The van der Waals surface area contributed by atoms with Gasteiger partial charge in [-0.25, -0.2) is 0 Å². The minimum absolute atomic E-state index is 0.671. The Labute approximate surface area is 141 Å². The molecule has 5 heteroatoms. The fraction of sp³-hybridized carbons (Fsp3) is 0.176. The van der Waals surface area contributed by atoms with Gasteiger partial charge in [-0.3, -0.25) is 5.43 Å². The lowest BCUT2D eigenvalue weighted by atomic mass is 10.2. The lowest BCUT2D eigenvalue weighted by Crippen LogP contribution is -2.11. The Bertz CT molecular complexity index is 622. The number of rotatable bonds is 5. The summed E-state index contributed by atoms with van der Waals surface area (Å²) in [6.45, 7) is 0. The fourth-order valence-corrected chi connectivity index (χ4v) is 2.61. The summed E-state index contributed by atoms with van der Waals surface area (Å²) >= 11 is 6.83. The molecule has 1 N–H and O–H groups in total. The van der Waals surface area contributed by atoms with Crippen molar-refractivity contribution in [2.45, 2.75) is 5.75 Å². The van der Waals surface area contributed by atoms with Crippen LogP contribution in [0.3, 0.4) is 0 Å². The van der Waals surface area contributed by atoms with Gasteiger partial charge < -0.3 is 4.90 Å². The second kappa shape index (κ2) is 8.56. The molecular formula is C17H19N3S2. The molecule has 2 aromatic rings. The molecule has 2 rings (SSSR count). The zero-order valence-corrected chi connectivity index (χ0v) is 14.3. The van der Waals surface area contributed by atoms with Crippen molar-refractivity contribution >= 4 is 40.2 Å². The average molecular weight is 329 g/mol. The van der Waals surface area contributed by atoms with Crippen LogP contribution in [0.4, 0.5) is 5.69 Å². The van der Waals surface area contributed by atoms with E-state index in [0.717, 1.165) is 11.3 Å². The summed E-state index contributed by atoms with van der Waals surface area (Å²) < 4.78 is 0.671. The lowest BCUT2D eigenvalue weighted by Gasteiger charge is -2.11. The molecule has 0 bridgehead atoms. The highest BCUT2D eigenvalue weighted by Gasteiger charge is 1.97. The molecule has 0 fully saturated rings. The lowest BCUT2D eigenvalue weighted by molar-refractivity contribution is 1.07. The van der Waals surface area contributed by atoms with Crippen LogP contribution in [0.15, 0.2) is 59.7 Å². The van der Waals surface area contributed by atoms with E-state index >= 15 is 0 Å². The molecule has 0 atom stereocenters. The molecule has 0 aliphatic rings. The Kier molecular flexibility index (Phi) is 6.43. The molecule has 22 heavy (non-hydrogen) atoms. The van der Waals surface area contributed by atoms with Crippen LogP contribution in [-0.4, -0.2) is 24.6 Å². The molecule has 0 aromatic heterocycles. The van der Waals surface area contributed by atoms with Gasteiger partial charge in [0.05, 0.1) is 6.21 Å². The summed E-state index contributed by atoms with van der Waals surface area (Å²) in [5.41, 5.74) is 6.34. The Morgan fingerprint density at radius 2 is 1.82 bits per heavy atom. The number of nitrogens with one attached hydrogen (secondary N) is 1. The monoisotopic (exact) mass is 329 g/mol. The van der Waals surface area contributed by atoms with Crippen molar-refractivity contribution in [1.29, 1.82) is 0 Å². The number of nitrogens with zero attached hydrogens (tertiary/aromatic N) is 2. The molecule has 0 radical (unpaired) electrons. The van der Waals surface area contributed by atoms with Crippen LogP contribution in [-0.2, 0) is 5.75 Å². The smallest absolute Gasteiger partial charge is 0.154 e. The number of hydrogen-bond acceptors (Lipinski definition) is 4. The molecule has 2 aromatic carbocycles. The normalized spacial score (nSPS) is 10.6. The van der Waals surface area contributed by atoms with Crippen molar-refractivity contribution in [2.75, 3.05) is 19.0 Å². The van der Waals surface area contributed by atoms with Gasteiger partial charge in [0.15, 0.2) is 4.32 Å². The van der Waals surface area contributed by atoms with Crippen LogP contribution < -0.4 is 10.3 Å². The van der Waals surface area contributed by atoms with E-state index in [4.69, 9.17) is 12.2 Å². The maximum Gasteiger partial charge on any atom is 0.154 e. The van der Waals surface area contributed by atoms with E-state index in [1.165, 1.54) is 11.3 Å². The summed E-state index contributed by atoms with van der Waals surface area (Å²) in [4.78, 5) is 2.06. The van der Waals surface area contributed by atoms with Crippen molar-refractivity contribution in [1.82, 2.24) is 5.43 Å². The van der Waals surface area contributed by atoms with E-state index in [0.29, 0.717) is 4.32 Å². The second-order valence-corrected chi connectivity index (χ2v) is 6.57. The Hall–Kier alpha value is -1.85. The van der Waals surface area contributed by atoms with E-state index in [2.05, 4.69) is 39.7 Å². The number of benzene rings is 2. The fourth-order valence-electron chi connectivity index (χ4n) is 1.77. The molecule has 0 aliphatic heterocycles. The molecule has 0 unspecified atom stereocenters. The summed E-state index contributed by atoms with van der Waals surface area (Å²) in [6.07, 6.45) is 1.77. The van der Waals surface area contributed by atoms with E-state index in [9.17, 15) is 0 Å². The minimum Gasteiger partial charge on any atom is -0.378 e. The third-order valence-electron chi connectivity index (χ3n) is 2.99. The average Bonchev–Trinajstić information content (AvgIpc) is 2.54. The number of thiocarbonyl (C=S) groups is 1. The maximum absolute atomic E-state index is 5.25. The molecule has 0 spiro atoms. The highest BCUT2D eigenvalue weighted by Crippen LogP contribution is 2.13. The van der Waals surface area contributed by atoms with Crippen LogP contribution in [0.1, 0.15) is 11.1 Å². The van der Waals surface area contributed by atoms with Gasteiger partial charge in [-0.2, -0.15) is 5.10 Å². The van der Waals surface area contributed by atoms with Gasteiger partial charge in [0, 0.05) is 25.5 Å². The van der Waals surface area contributed by atoms with Crippen LogP contribution in [0.5, 0.6) is 0 Å². The van der Waals surface area contributed by atoms with Gasteiger partial charge in [-0.05, 0) is 23.3 Å². The molecule has 0 aliphatic carbocycles. The highest BCUT2D eigenvalue weighted by atomic mass is 32.2. The molecule has 0 amide bonds. The Morgan fingerprint density at radius 3 is 2.45 bits per heavy atom. The summed E-state index contributed by atoms with van der Waals surface area (Å²) in [5, 5.41) is 4.18. The van der Waals surface area contributed by atoms with Crippen molar-refractivity contribution < 1.29 is 0 Å². The quantitative estimate of drug-likeness (QED) is 0.511. The highest BCUT2D eigenvalue weighted by molar-refractivity contribution is 8.22. The second-order valence-electron chi connectivity index (χ2n) is 4.92. The third-order valence-corrected chi connectivity index (χ3v) is 4.27. The number of hydrazone groups is 1. The Balaban J connectivity index is 1.78. The first kappa shape index (κ1) is 16.5. The van der Waals surface area contributed by atoms with Crippen molar-refractivity contribution in [3.63, 3.8) is 0 Å². The molecule has 0 heterocycles. The van der Waals surface area contributed by atoms with Gasteiger partial charge >= 0.3 is 0 Å². The summed E-state index contributed by atoms with van der Waals surface area (Å²) in [5.74, 6) is 0.847. The first-order chi connectivity index (χ1) is 10.6. The predicted octanol–water partition coefficient (Wildman–Crippen LogP) is 3.89. The number of thioether (sulfide) groups is 1. The van der Waals surface area contributed by atoms with Gasteiger partial charge in [-0.15, -0.1) is 0 Å². The van der Waals surface area contributed by atoms with E-state index in [1.807, 2.05) is 44.4 Å². The summed E-state index contributed by atoms with van der Waals surface area (Å²) in [7, 11) is 4.04. The van der Waals surface area contributed by atoms with Gasteiger partial charge in [-0.1, -0.05) is 66.4 Å². The van der Waals surface area contributed by atoms with Crippen molar-refractivity contribution in [3.05, 3.63) is 65.7 Å². The summed E-state index contributed by atoms with van der Waals surface area (Å²) in [6, 6.07) is 18.4. The molecular weight excluding hydrogens is 310 g/mol. The zero-order chi connectivity index (χ0) is 15.8. The van der Waals surface area contributed by atoms with E-state index < -0.39 is 0 Å². The van der Waals surface area contributed by atoms with Crippen molar-refractivity contribution in [3.8, 4) is 0 Å². The minimum atomic E-state index is 0.671. The number of hydrogen-bond donors (Lipinski definition) is 1. The molecule has 0 saturated heterocycles. The van der Waals surface area contributed by atoms with Crippen molar-refractivity contribution in [2.24, 2.45) is 5.10 Å². The molecule has 3 nitrogen and oxygen atoms in total. The predicted molar refractivity (Wildman–Crippen MR) is 102 cm³/mol. The maximum atomic E-state index is 5.25. The zero-order valence-electron chi connectivity index (χ0n) is 12.7. The van der Waals surface area contributed by atoms with E-state index in [-0.39, 0.29) is 0 Å². The van der Waals surface area contributed by atoms with Crippen LogP contribution in [0, 0.1) is 0 Å². The van der Waals surface area contributed by atoms with Gasteiger partial charge in [0.1, 0.15) is 0 Å². The Morgan fingerprint density at radius 1 is 1.14 bits per heavy atom. The molecule has 0 saturated carbocycles. The first-order valence-corrected chi connectivity index (χ1v) is 8.31. The van der Waals surface area contributed by atoms with Crippen LogP contribution in [0.25, 0.3) is 0 Å². The third kappa shape index (κ3) is 5.50. The van der Waals surface area contributed by atoms with Gasteiger partial charge in [0.25, 0.3) is 0 Å². The van der Waals surface area contributed by atoms with Gasteiger partial charge in [0.2, 0.25) is 0 Å². The largest absolute Gasteiger partial charge is 0.378 e. The van der Waals surface area contributed by atoms with Crippen LogP contribution >= 0.6 is 24.0 Å². The topological polar surface area (TPSA) is 27.6 Å². The standard InChI is InChI=1S/C17H19N3S2/c1-20(2)16-10-8-14(9-11-16)12-18-19-17(21)22-13-15-6-4-3-5-7-15/h3-12H,13H2,1-2H3,(H,19,21). The first-order valence-electron chi connectivity index (χ1n) is 6.92. The SMILES string of the molecule is CN(C)c1ccc(C=NNC(=S)SCc2ccccc2)cc1. The van der Waals surface area contributed by atoms with E-state index in [1.54, 1.807) is 18.0 Å². The van der Waals surface area contributed by atoms with Crippen LogP contribution in [0.2, 0.25) is 0 Å². The molecule has 114 valence electrons. The number of anilines is 1.